The molecule has 0 aromatic rings. The maximum atomic E-state index is 8.54. The summed E-state index contributed by atoms with van der Waals surface area (Å²) in [5.41, 5.74) is 11.5. The largest absolute Gasteiger partial charge is 0.401 e. The van der Waals surface area contributed by atoms with Gasteiger partial charge in [-0.2, -0.15) is 5.26 Å². The summed E-state index contributed by atoms with van der Waals surface area (Å²) in [5, 5.41) is 8.54. The minimum Gasteiger partial charge on any atom is -0.401 e. The molecule has 0 radical (unpaired) electrons. The van der Waals surface area contributed by atoms with E-state index in [4.69, 9.17) is 16.7 Å². The molecule has 0 saturated heterocycles. The van der Waals surface area contributed by atoms with Crippen LogP contribution in [0.15, 0.2) is 11.3 Å². The first-order valence-electron chi connectivity index (χ1n) is 3.32. The van der Waals surface area contributed by atoms with Crippen molar-refractivity contribution in [1.82, 2.24) is 0 Å². The van der Waals surface area contributed by atoms with Gasteiger partial charge in [-0.15, -0.1) is 0 Å². The number of nitrogens with two attached hydrogens (primary N) is 2. The molecule has 4 N–H and O–H groups in total. The van der Waals surface area contributed by atoms with Crippen LogP contribution in [0.3, 0.4) is 0 Å². The topological polar surface area (TPSA) is 75.8 Å². The average molecular weight is 169 g/mol. The maximum absolute atomic E-state index is 8.54. The lowest BCUT2D eigenvalue weighted by Crippen LogP contribution is -2.15. The molecular weight excluding hydrogens is 158 g/mol. The lowest BCUT2D eigenvalue weighted by Gasteiger charge is -2.00. The predicted octanol–water partition coefficient (Wildman–Crippen LogP) is 0.809. The van der Waals surface area contributed by atoms with Crippen molar-refractivity contribution in [3.63, 3.8) is 0 Å². The van der Waals surface area contributed by atoms with Crippen LogP contribution in [0, 0.1) is 11.3 Å². The van der Waals surface area contributed by atoms with Gasteiger partial charge in [0, 0.05) is 5.70 Å². The van der Waals surface area contributed by atoms with Crippen LogP contribution in [-0.2, 0) is 0 Å². The average Bonchev–Trinajstić information content (AvgIpc) is 1.88. The third-order valence-electron chi connectivity index (χ3n) is 1.20. The van der Waals surface area contributed by atoms with Gasteiger partial charge in [0.15, 0.2) is 0 Å². The van der Waals surface area contributed by atoms with Crippen molar-refractivity contribution in [3.05, 3.63) is 11.3 Å². The number of nitriles is 1. The summed E-state index contributed by atoms with van der Waals surface area (Å²) in [6.45, 7) is 1.97. The van der Waals surface area contributed by atoms with Crippen LogP contribution in [0.5, 0.6) is 0 Å². The van der Waals surface area contributed by atoms with Crippen molar-refractivity contribution < 1.29 is 0 Å². The highest BCUT2D eigenvalue weighted by Crippen LogP contribution is 2.04. The lowest BCUT2D eigenvalue weighted by atomic mass is 10.1. The van der Waals surface area contributed by atoms with E-state index in [2.05, 4.69) is 12.2 Å². The van der Waals surface area contributed by atoms with E-state index < -0.39 is 0 Å². The van der Waals surface area contributed by atoms with E-state index in [1.165, 1.54) is 0 Å². The first-order valence-corrected chi connectivity index (χ1v) is 3.72. The van der Waals surface area contributed by atoms with Crippen molar-refractivity contribution in [2.75, 3.05) is 0 Å². The number of rotatable bonds is 3. The van der Waals surface area contributed by atoms with E-state index >= 15 is 0 Å². The fourth-order valence-corrected chi connectivity index (χ4v) is 0.856. The Labute approximate surface area is 71.7 Å². The van der Waals surface area contributed by atoms with Crippen molar-refractivity contribution in [1.29, 1.82) is 5.26 Å². The summed E-state index contributed by atoms with van der Waals surface area (Å²) in [6.07, 6.45) is 1.56. The van der Waals surface area contributed by atoms with E-state index in [1.807, 2.05) is 13.0 Å². The van der Waals surface area contributed by atoms with E-state index in [0.717, 1.165) is 6.42 Å². The monoisotopic (exact) mass is 169 g/mol. The molecule has 0 rings (SSSR count). The molecule has 0 unspecified atom stereocenters. The summed E-state index contributed by atoms with van der Waals surface area (Å²) in [5.74, 6) is 0. The molecule has 11 heavy (non-hydrogen) atoms. The molecule has 0 bridgehead atoms. The number of allylic oxidation sites excluding steroid dienone is 1. The Balaban J connectivity index is 4.58. The standard InChI is InChI=1S/C7H11N3S/c1-2-3-6(9)5(4-8)7(10)11/h2-3,9H2,1H3,(H2,10,11). The molecule has 60 valence electrons. The zero-order valence-electron chi connectivity index (χ0n) is 6.42. The van der Waals surface area contributed by atoms with Crippen molar-refractivity contribution in [3.8, 4) is 6.07 Å². The first kappa shape index (κ1) is 9.92. The minimum atomic E-state index is 0.0819. The van der Waals surface area contributed by atoms with Gasteiger partial charge < -0.3 is 11.5 Å². The summed E-state index contributed by atoms with van der Waals surface area (Å²) < 4.78 is 0. The molecule has 0 aromatic carbocycles. The Morgan fingerprint density at radius 1 is 1.55 bits per heavy atom. The number of hydrogen-bond donors (Lipinski definition) is 2. The second-order valence-electron chi connectivity index (χ2n) is 2.13. The molecular formula is C7H11N3S. The van der Waals surface area contributed by atoms with E-state index in [9.17, 15) is 0 Å². The van der Waals surface area contributed by atoms with Gasteiger partial charge in [0.25, 0.3) is 0 Å². The molecule has 0 spiro atoms. The number of nitrogens with zero attached hydrogens (tertiary/aromatic N) is 1. The van der Waals surface area contributed by atoms with Crippen LogP contribution < -0.4 is 11.5 Å². The van der Waals surface area contributed by atoms with Gasteiger partial charge in [-0.3, -0.25) is 0 Å². The molecule has 3 nitrogen and oxygen atoms in total. The summed E-state index contributed by atoms with van der Waals surface area (Å²) in [7, 11) is 0. The summed E-state index contributed by atoms with van der Waals surface area (Å²) in [4.78, 5) is 0.0819. The number of thiocarbonyl (C=S) groups is 1. The number of hydrogen-bond acceptors (Lipinski definition) is 3. The van der Waals surface area contributed by atoms with Gasteiger partial charge >= 0.3 is 0 Å². The molecule has 0 fully saturated rings. The Morgan fingerprint density at radius 2 is 2.09 bits per heavy atom. The van der Waals surface area contributed by atoms with Gasteiger partial charge in [0.1, 0.15) is 16.6 Å². The molecule has 4 heteroatoms. The molecule has 0 aromatic heterocycles. The van der Waals surface area contributed by atoms with Crippen LogP contribution in [0.25, 0.3) is 0 Å². The van der Waals surface area contributed by atoms with Crippen LogP contribution in [0.4, 0.5) is 0 Å². The van der Waals surface area contributed by atoms with Crippen LogP contribution >= 0.6 is 12.2 Å². The lowest BCUT2D eigenvalue weighted by molar-refractivity contribution is 0.889. The minimum absolute atomic E-state index is 0.0819. The van der Waals surface area contributed by atoms with E-state index in [-0.39, 0.29) is 10.6 Å². The molecule has 0 saturated carbocycles. The summed E-state index contributed by atoms with van der Waals surface area (Å²) in [6, 6.07) is 1.87. The normalized spacial score (nSPS) is 11.6. The second-order valence-corrected chi connectivity index (χ2v) is 2.57. The van der Waals surface area contributed by atoms with E-state index in [1.54, 1.807) is 0 Å². The Kier molecular flexibility index (Phi) is 4.23. The molecule has 0 atom stereocenters. The zero-order chi connectivity index (χ0) is 8.85. The highest BCUT2D eigenvalue weighted by atomic mass is 32.1. The van der Waals surface area contributed by atoms with Gasteiger partial charge in [0.05, 0.1) is 0 Å². The Hall–Kier alpha value is -1.08. The summed E-state index contributed by atoms with van der Waals surface area (Å²) >= 11 is 4.62. The Bertz CT molecular complexity index is 224. The van der Waals surface area contributed by atoms with Crippen LogP contribution in [-0.4, -0.2) is 4.99 Å². The fourth-order valence-electron chi connectivity index (χ4n) is 0.679. The van der Waals surface area contributed by atoms with Crippen molar-refractivity contribution in [2.24, 2.45) is 11.5 Å². The third-order valence-corrected chi connectivity index (χ3v) is 1.40. The van der Waals surface area contributed by atoms with E-state index in [0.29, 0.717) is 12.1 Å². The maximum Gasteiger partial charge on any atom is 0.116 e. The smallest absolute Gasteiger partial charge is 0.116 e. The van der Waals surface area contributed by atoms with Crippen LogP contribution in [0.1, 0.15) is 19.8 Å². The molecule has 0 amide bonds. The van der Waals surface area contributed by atoms with Gasteiger partial charge in [0.2, 0.25) is 0 Å². The molecule has 0 aliphatic carbocycles. The zero-order valence-corrected chi connectivity index (χ0v) is 7.24. The fraction of sp³-hybridized carbons (Fsp3) is 0.429. The second kappa shape index (κ2) is 4.69. The highest BCUT2D eigenvalue weighted by Gasteiger charge is 2.03. The first-order chi connectivity index (χ1) is 5.13. The SMILES string of the molecule is CCCC(N)=C(C#N)C(N)=S. The van der Waals surface area contributed by atoms with Crippen LogP contribution in [0.2, 0.25) is 0 Å². The van der Waals surface area contributed by atoms with Gasteiger partial charge in [-0.05, 0) is 6.42 Å². The molecule has 0 aliphatic heterocycles. The van der Waals surface area contributed by atoms with Gasteiger partial charge in [-0.25, -0.2) is 0 Å². The predicted molar refractivity (Wildman–Crippen MR) is 48.5 cm³/mol. The van der Waals surface area contributed by atoms with Gasteiger partial charge in [-0.1, -0.05) is 25.6 Å². The van der Waals surface area contributed by atoms with Crippen molar-refractivity contribution in [2.45, 2.75) is 19.8 Å². The Morgan fingerprint density at radius 3 is 2.36 bits per heavy atom. The quantitative estimate of drug-likeness (QED) is 0.372. The third kappa shape index (κ3) is 3.01. The molecule has 0 heterocycles. The van der Waals surface area contributed by atoms with Crippen molar-refractivity contribution >= 4 is 17.2 Å². The highest BCUT2D eigenvalue weighted by molar-refractivity contribution is 7.80. The molecule has 0 aliphatic rings.